The number of imidazole rings is 1. The predicted molar refractivity (Wildman–Crippen MR) is 138 cm³/mol. The summed E-state index contributed by atoms with van der Waals surface area (Å²) in [5.74, 6) is -3.26. The second-order valence-electron chi connectivity index (χ2n) is 9.63. The van der Waals surface area contributed by atoms with E-state index in [1.165, 1.54) is 6.92 Å². The van der Waals surface area contributed by atoms with Crippen molar-refractivity contribution in [2.45, 2.75) is 77.2 Å². The summed E-state index contributed by atoms with van der Waals surface area (Å²) in [6.07, 6.45) is 2.59. The van der Waals surface area contributed by atoms with Crippen LogP contribution >= 0.6 is 0 Å². The maximum Gasteiger partial charge on any atom is 0.326 e. The number of nitrogens with one attached hydrogen (secondary N) is 1. The van der Waals surface area contributed by atoms with E-state index < -0.39 is 31.0 Å². The number of aromatic nitrogens is 4. The van der Waals surface area contributed by atoms with Crippen LogP contribution in [0.4, 0.5) is 14.7 Å². The van der Waals surface area contributed by atoms with Gasteiger partial charge in [0.2, 0.25) is 11.8 Å². The third-order valence-electron chi connectivity index (χ3n) is 6.22. The minimum atomic E-state index is -3.19. The fourth-order valence-electron chi connectivity index (χ4n) is 4.06. The number of nitrogen functional groups attached to an aromatic ring is 1. The summed E-state index contributed by atoms with van der Waals surface area (Å²) in [4.78, 5) is 29.8. The van der Waals surface area contributed by atoms with Gasteiger partial charge in [-0.15, -0.1) is 5.48 Å². The van der Waals surface area contributed by atoms with E-state index >= 15 is 0 Å². The molecule has 0 amide bonds. The Morgan fingerprint density at radius 2 is 2.15 bits per heavy atom. The molecule has 3 rings (SSSR count). The Bertz CT molecular complexity index is 1120. The fraction of sp³-hybridized carbons (Fsp3) is 0.680. The van der Waals surface area contributed by atoms with Crippen LogP contribution in [0.5, 0.6) is 5.88 Å². The normalized spacial score (nSPS) is 20.2. The van der Waals surface area contributed by atoms with Crippen molar-refractivity contribution in [1.29, 1.82) is 0 Å². The van der Waals surface area contributed by atoms with Crippen molar-refractivity contribution >= 4 is 23.1 Å². The number of alkyl halides is 2. The number of nitrogens with zero attached hydrogens (tertiary/aromatic N) is 4. The molecule has 3 N–H and O–H groups in total. The largest absolute Gasteiger partial charge is 0.476 e. The van der Waals surface area contributed by atoms with Crippen LogP contribution in [0.1, 0.15) is 59.1 Å². The van der Waals surface area contributed by atoms with Crippen LogP contribution in [0, 0.1) is 5.92 Å². The number of methoxy groups -OCH3 is 1. The number of carbonyl (C=O) groups is 1. The number of esters is 1. The number of anilines is 1. The number of rotatable bonds is 16. The lowest BCUT2D eigenvalue weighted by molar-refractivity contribution is -0.161. The van der Waals surface area contributed by atoms with Crippen molar-refractivity contribution in [3.63, 3.8) is 0 Å². The molecule has 0 bridgehead atoms. The van der Waals surface area contributed by atoms with Gasteiger partial charge in [-0.3, -0.25) is 9.36 Å². The van der Waals surface area contributed by atoms with E-state index in [1.54, 1.807) is 18.0 Å². The molecule has 2 aromatic heterocycles. The molecule has 14 heteroatoms. The lowest BCUT2D eigenvalue weighted by atomic mass is 10.1. The minimum Gasteiger partial charge on any atom is -0.476 e. The Morgan fingerprint density at radius 1 is 1.38 bits per heavy atom. The smallest absolute Gasteiger partial charge is 0.326 e. The number of hydrogen-bond acceptors (Lipinski definition) is 11. The number of hydrogen-bond donors (Lipinski definition) is 2. The number of allylic oxidation sites excluding steroid dienone is 1. The fourth-order valence-corrected chi connectivity index (χ4v) is 4.06. The van der Waals surface area contributed by atoms with Crippen LogP contribution < -0.4 is 16.0 Å². The molecule has 1 saturated heterocycles. The number of halogens is 2. The Kier molecular flexibility index (Phi) is 10.8. The number of hydroxylamine groups is 1. The van der Waals surface area contributed by atoms with E-state index in [9.17, 15) is 13.6 Å². The number of ether oxygens (including phenoxy) is 4. The van der Waals surface area contributed by atoms with Crippen LogP contribution in [0.25, 0.3) is 11.2 Å². The summed E-state index contributed by atoms with van der Waals surface area (Å²) in [6.45, 7) is 8.52. The van der Waals surface area contributed by atoms with E-state index in [4.69, 9.17) is 29.5 Å². The predicted octanol–water partition coefficient (Wildman–Crippen LogP) is 3.54. The van der Waals surface area contributed by atoms with Crippen LogP contribution in [-0.4, -0.2) is 70.5 Å². The third kappa shape index (κ3) is 8.44. The SMILES string of the molecule is C=C(CC)ONC(C)C(=O)OCC(F)(F)CCCCOc1nc(N)nc2c1ncn2C1OC(COC)CC1C. The zero-order chi connectivity index (χ0) is 28.6. The van der Waals surface area contributed by atoms with Crippen LogP contribution in [0.2, 0.25) is 0 Å². The van der Waals surface area contributed by atoms with Crippen molar-refractivity contribution in [1.82, 2.24) is 25.0 Å². The summed E-state index contributed by atoms with van der Waals surface area (Å²) in [6, 6.07) is -0.923. The maximum absolute atomic E-state index is 14.2. The van der Waals surface area contributed by atoms with Crippen molar-refractivity contribution < 1.29 is 37.4 Å². The van der Waals surface area contributed by atoms with Gasteiger partial charge in [0, 0.05) is 25.9 Å². The second kappa shape index (κ2) is 13.8. The highest BCUT2D eigenvalue weighted by molar-refractivity contribution is 5.77. The topological polar surface area (TPSA) is 145 Å². The first kappa shape index (κ1) is 30.4. The summed E-state index contributed by atoms with van der Waals surface area (Å²) in [7, 11) is 1.63. The average molecular weight is 557 g/mol. The highest BCUT2D eigenvalue weighted by Crippen LogP contribution is 2.36. The van der Waals surface area contributed by atoms with E-state index in [0.717, 1.165) is 6.42 Å². The zero-order valence-corrected chi connectivity index (χ0v) is 22.8. The molecular weight excluding hydrogens is 518 g/mol. The van der Waals surface area contributed by atoms with E-state index in [1.807, 2.05) is 6.92 Å². The summed E-state index contributed by atoms with van der Waals surface area (Å²) in [5.41, 5.74) is 9.19. The van der Waals surface area contributed by atoms with Crippen LogP contribution in [0.15, 0.2) is 18.7 Å². The number of fused-ring (bicyclic) bond motifs is 1. The zero-order valence-electron chi connectivity index (χ0n) is 22.8. The molecule has 4 atom stereocenters. The van der Waals surface area contributed by atoms with Gasteiger partial charge in [0.05, 0.1) is 25.6 Å². The Labute approximate surface area is 226 Å². The highest BCUT2D eigenvalue weighted by atomic mass is 19.3. The highest BCUT2D eigenvalue weighted by Gasteiger charge is 2.35. The lowest BCUT2D eigenvalue weighted by Gasteiger charge is -2.19. The summed E-state index contributed by atoms with van der Waals surface area (Å²) in [5, 5.41) is 0. The average Bonchev–Trinajstić information content (AvgIpc) is 3.47. The molecule has 1 aliphatic heterocycles. The van der Waals surface area contributed by atoms with Crippen molar-refractivity contribution in [2.75, 3.05) is 32.7 Å². The van der Waals surface area contributed by atoms with E-state index in [2.05, 4.69) is 33.9 Å². The molecule has 1 fully saturated rings. The van der Waals surface area contributed by atoms with Gasteiger partial charge in [-0.2, -0.15) is 9.97 Å². The molecule has 12 nitrogen and oxygen atoms in total. The summed E-state index contributed by atoms with van der Waals surface area (Å²) < 4.78 is 52.1. The van der Waals surface area contributed by atoms with Gasteiger partial charge in [0.1, 0.15) is 18.0 Å². The molecule has 0 saturated carbocycles. The Hall–Kier alpha value is -3.10. The number of nitrogens with two attached hydrogens (primary N) is 1. The van der Waals surface area contributed by atoms with Gasteiger partial charge >= 0.3 is 5.97 Å². The molecule has 3 heterocycles. The van der Waals surface area contributed by atoms with Crippen molar-refractivity contribution in [3.8, 4) is 5.88 Å². The second-order valence-corrected chi connectivity index (χ2v) is 9.63. The Balaban J connectivity index is 1.47. The van der Waals surface area contributed by atoms with E-state index in [0.29, 0.717) is 36.4 Å². The number of carbonyl (C=O) groups excluding carboxylic acids is 1. The molecule has 0 spiro atoms. The van der Waals surface area contributed by atoms with Crippen LogP contribution in [-0.2, 0) is 23.8 Å². The first-order chi connectivity index (χ1) is 18.5. The molecule has 218 valence electrons. The van der Waals surface area contributed by atoms with Gasteiger partial charge in [-0.1, -0.05) is 20.4 Å². The number of unbranched alkanes of at least 4 members (excludes halogenated alkanes) is 1. The minimum absolute atomic E-state index is 0.000169. The first-order valence-corrected chi connectivity index (χ1v) is 13.0. The monoisotopic (exact) mass is 556 g/mol. The van der Waals surface area contributed by atoms with Gasteiger partial charge in [-0.25, -0.2) is 13.8 Å². The van der Waals surface area contributed by atoms with Gasteiger partial charge in [0.15, 0.2) is 17.8 Å². The Morgan fingerprint density at radius 3 is 2.87 bits per heavy atom. The first-order valence-electron chi connectivity index (χ1n) is 13.0. The molecule has 4 unspecified atom stereocenters. The standard InChI is InChI=1S/C25H38F2N6O6/c1-6-16(3)39-32-17(4)23(34)37-13-25(26,27)9-7-8-10-36-21-19-20(30-24(28)31-21)33(14-29-19)22-15(2)11-18(38-22)12-35-5/h14-15,17-18,22,32H,3,6-13H2,1-2,4-5H3,(H2,28,30,31). The van der Waals surface area contributed by atoms with Gasteiger partial charge in [-0.05, 0) is 26.2 Å². The van der Waals surface area contributed by atoms with Crippen molar-refractivity contribution in [2.24, 2.45) is 5.92 Å². The molecule has 2 aromatic rings. The molecule has 0 aliphatic carbocycles. The molecule has 0 aromatic carbocycles. The molecular formula is C25H38F2N6O6. The summed E-state index contributed by atoms with van der Waals surface area (Å²) >= 11 is 0. The molecule has 0 radical (unpaired) electrons. The quantitative estimate of drug-likeness (QED) is 0.136. The van der Waals surface area contributed by atoms with Gasteiger partial charge < -0.3 is 29.5 Å². The van der Waals surface area contributed by atoms with Crippen LogP contribution in [0.3, 0.4) is 0 Å². The van der Waals surface area contributed by atoms with E-state index in [-0.39, 0.29) is 43.1 Å². The third-order valence-corrected chi connectivity index (χ3v) is 6.22. The van der Waals surface area contributed by atoms with Gasteiger partial charge in [0.25, 0.3) is 5.92 Å². The van der Waals surface area contributed by atoms with Crippen molar-refractivity contribution in [3.05, 3.63) is 18.7 Å². The maximum atomic E-state index is 14.2. The molecule has 39 heavy (non-hydrogen) atoms. The molecule has 1 aliphatic rings. The lowest BCUT2D eigenvalue weighted by Crippen LogP contribution is -2.37.